The summed E-state index contributed by atoms with van der Waals surface area (Å²) in [6.45, 7) is 16.2. The van der Waals surface area contributed by atoms with Crippen molar-refractivity contribution >= 4 is 16.8 Å². The van der Waals surface area contributed by atoms with E-state index in [1.54, 1.807) is 0 Å². The normalized spacial score (nSPS) is 11.0. The molecule has 3 heteroatoms. The highest BCUT2D eigenvalue weighted by atomic mass is 35.5. The highest BCUT2D eigenvalue weighted by molar-refractivity contribution is 6.63. The second-order valence-corrected chi connectivity index (χ2v) is 6.72. The zero-order valence-electron chi connectivity index (χ0n) is 16.6. The number of carbonyl (C=O) groups excluding carboxylic acids is 1. The van der Waals surface area contributed by atoms with Crippen LogP contribution in [0.4, 0.5) is 0 Å². The number of quaternary nitrogens is 1. The molecule has 0 aliphatic heterocycles. The van der Waals surface area contributed by atoms with Crippen molar-refractivity contribution in [3.8, 4) is 0 Å². The van der Waals surface area contributed by atoms with Crippen LogP contribution in [0.2, 0.25) is 0 Å². The van der Waals surface area contributed by atoms with Crippen molar-refractivity contribution < 1.29 is 9.28 Å². The fraction of sp³-hybridized carbons (Fsp3) is 0.950. The molecule has 140 valence electrons. The molecule has 0 fully saturated rings. The molecule has 0 aromatic carbocycles. The molecule has 23 heavy (non-hydrogen) atoms. The Kier molecular flexibility index (Phi) is 20.0. The number of nitrogens with zero attached hydrogens (tertiary/aromatic N) is 1. The Morgan fingerprint density at radius 3 is 1.39 bits per heavy atom. The summed E-state index contributed by atoms with van der Waals surface area (Å²) in [5.74, 6) is 0. The average molecular weight is 349 g/mol. The molecule has 0 saturated carbocycles. The van der Waals surface area contributed by atoms with Crippen LogP contribution in [0.5, 0.6) is 0 Å². The van der Waals surface area contributed by atoms with Crippen LogP contribution in [0.25, 0.3) is 0 Å². The van der Waals surface area contributed by atoms with E-state index in [2.05, 4.69) is 20.8 Å². The largest absolute Gasteiger partial charge is 0.324 e. The average Bonchev–Trinajstić information content (AvgIpc) is 2.58. The molecule has 0 atom stereocenters. The molecule has 2 nitrogen and oxygen atoms in total. The predicted molar refractivity (Wildman–Crippen MR) is 105 cm³/mol. The Morgan fingerprint density at radius 1 is 0.696 bits per heavy atom. The van der Waals surface area contributed by atoms with E-state index in [9.17, 15) is 4.79 Å². The predicted octanol–water partition coefficient (Wildman–Crippen LogP) is 6.56. The minimum Gasteiger partial charge on any atom is -0.324 e. The maximum atomic E-state index is 10.6. The Morgan fingerprint density at radius 2 is 1.04 bits per heavy atom. The van der Waals surface area contributed by atoms with Crippen LogP contribution in [0.1, 0.15) is 98.8 Å². The van der Waals surface area contributed by atoms with Gasteiger partial charge < -0.3 is 4.48 Å². The Labute approximate surface area is 151 Å². The zero-order valence-corrected chi connectivity index (χ0v) is 17.4. The second kappa shape index (κ2) is 18.3. The first-order valence-corrected chi connectivity index (χ1v) is 10.5. The van der Waals surface area contributed by atoms with Crippen LogP contribution in [0.3, 0.4) is 0 Å². The quantitative estimate of drug-likeness (QED) is 0.186. The van der Waals surface area contributed by atoms with E-state index >= 15 is 0 Å². The molecule has 0 N–H and O–H groups in total. The lowest BCUT2D eigenvalue weighted by Crippen LogP contribution is -2.48. The Balaban J connectivity index is 0. The van der Waals surface area contributed by atoms with Crippen LogP contribution in [0, 0.1) is 0 Å². The van der Waals surface area contributed by atoms with Crippen molar-refractivity contribution in [2.45, 2.75) is 98.8 Å². The fourth-order valence-electron chi connectivity index (χ4n) is 3.09. The molecule has 0 aromatic heterocycles. The van der Waals surface area contributed by atoms with Gasteiger partial charge in [0.05, 0.1) is 26.2 Å². The third kappa shape index (κ3) is 15.2. The van der Waals surface area contributed by atoms with Crippen molar-refractivity contribution in [3.63, 3.8) is 0 Å². The van der Waals surface area contributed by atoms with Crippen molar-refractivity contribution in [3.05, 3.63) is 0 Å². The molecular weight excluding hydrogens is 306 g/mol. The lowest BCUT2D eigenvalue weighted by atomic mass is 10.1. The number of unbranched alkanes of at least 4 members (excludes halogenated alkanes) is 8. The van der Waals surface area contributed by atoms with Crippen molar-refractivity contribution in [1.29, 1.82) is 0 Å². The molecular formula is C20H43ClNO+. The van der Waals surface area contributed by atoms with Crippen LogP contribution in [-0.4, -0.2) is 35.9 Å². The van der Waals surface area contributed by atoms with Gasteiger partial charge in [0.2, 0.25) is 5.24 Å². The Bertz CT molecular complexity index is 244. The SMILES string of the molecule is CC.CC[N+](CC)(CC)CCCCCCCCCCCC(=O)Cl. The van der Waals surface area contributed by atoms with E-state index in [1.165, 1.54) is 75.6 Å². The summed E-state index contributed by atoms with van der Waals surface area (Å²) >= 11 is 5.31. The van der Waals surface area contributed by atoms with E-state index in [1.807, 2.05) is 13.8 Å². The summed E-state index contributed by atoms with van der Waals surface area (Å²) in [5, 5.41) is -0.185. The van der Waals surface area contributed by atoms with Gasteiger partial charge in [-0.3, -0.25) is 4.79 Å². The highest BCUT2D eigenvalue weighted by Crippen LogP contribution is 2.13. The molecule has 0 unspecified atom stereocenters. The van der Waals surface area contributed by atoms with E-state index in [0.29, 0.717) is 6.42 Å². The van der Waals surface area contributed by atoms with Crippen LogP contribution >= 0.6 is 11.6 Å². The topological polar surface area (TPSA) is 17.1 Å². The van der Waals surface area contributed by atoms with Gasteiger partial charge in [0, 0.05) is 6.42 Å². The molecule has 0 heterocycles. The third-order valence-corrected chi connectivity index (χ3v) is 5.21. The minimum atomic E-state index is -0.185. The fourth-order valence-corrected chi connectivity index (χ4v) is 3.23. The smallest absolute Gasteiger partial charge is 0.221 e. The van der Waals surface area contributed by atoms with Gasteiger partial charge in [0.1, 0.15) is 0 Å². The lowest BCUT2D eigenvalue weighted by Gasteiger charge is -2.35. The van der Waals surface area contributed by atoms with E-state index in [0.717, 1.165) is 12.8 Å². The minimum absolute atomic E-state index is 0.185. The molecule has 0 bridgehead atoms. The number of rotatable bonds is 15. The van der Waals surface area contributed by atoms with E-state index in [-0.39, 0.29) is 5.24 Å². The van der Waals surface area contributed by atoms with Gasteiger partial charge in [-0.15, -0.1) is 0 Å². The van der Waals surface area contributed by atoms with Gasteiger partial charge in [-0.05, 0) is 51.6 Å². The van der Waals surface area contributed by atoms with Crippen LogP contribution in [-0.2, 0) is 4.79 Å². The van der Waals surface area contributed by atoms with Gasteiger partial charge in [-0.2, -0.15) is 0 Å². The summed E-state index contributed by atoms with van der Waals surface area (Å²) in [5.41, 5.74) is 0. The molecule has 0 spiro atoms. The molecule has 0 rings (SSSR count). The van der Waals surface area contributed by atoms with E-state index in [4.69, 9.17) is 11.6 Å². The molecule has 0 aliphatic rings. The summed E-state index contributed by atoms with van der Waals surface area (Å²) in [4.78, 5) is 10.6. The third-order valence-electron chi connectivity index (χ3n) is 5.02. The Hall–Kier alpha value is -0.0800. The van der Waals surface area contributed by atoms with Gasteiger partial charge >= 0.3 is 0 Å². The first-order chi connectivity index (χ1) is 11.1. The lowest BCUT2D eigenvalue weighted by molar-refractivity contribution is -0.923. The number of carbonyl (C=O) groups is 1. The van der Waals surface area contributed by atoms with Gasteiger partial charge in [-0.25, -0.2) is 0 Å². The second-order valence-electron chi connectivity index (χ2n) is 6.30. The molecule has 0 radical (unpaired) electrons. The summed E-state index contributed by atoms with van der Waals surface area (Å²) in [6, 6.07) is 0. The van der Waals surface area contributed by atoms with Gasteiger partial charge in [0.25, 0.3) is 0 Å². The standard InChI is InChI=1S/C18H37ClNO.C2H6/c1-4-20(5-2,6-3)17-15-13-11-9-7-8-10-12-14-16-18(19)21;1-2/h4-17H2,1-3H3;1-2H3/q+1;. The first-order valence-electron chi connectivity index (χ1n) is 10.1. The van der Waals surface area contributed by atoms with E-state index < -0.39 is 0 Å². The summed E-state index contributed by atoms with van der Waals surface area (Å²) in [6.07, 6.45) is 12.1. The monoisotopic (exact) mass is 348 g/mol. The maximum Gasteiger partial charge on any atom is 0.221 e. The molecule has 0 amide bonds. The van der Waals surface area contributed by atoms with Gasteiger partial charge in [0.15, 0.2) is 0 Å². The number of hydrogen-bond acceptors (Lipinski definition) is 1. The molecule has 0 aromatic rings. The van der Waals surface area contributed by atoms with Gasteiger partial charge in [-0.1, -0.05) is 52.4 Å². The molecule has 0 saturated heterocycles. The van der Waals surface area contributed by atoms with Crippen LogP contribution < -0.4 is 0 Å². The summed E-state index contributed by atoms with van der Waals surface area (Å²) in [7, 11) is 0. The number of halogens is 1. The van der Waals surface area contributed by atoms with Crippen molar-refractivity contribution in [2.75, 3.05) is 26.2 Å². The first kappa shape index (κ1) is 25.2. The van der Waals surface area contributed by atoms with Crippen molar-refractivity contribution in [1.82, 2.24) is 0 Å². The molecule has 0 aliphatic carbocycles. The van der Waals surface area contributed by atoms with Crippen LogP contribution in [0.15, 0.2) is 0 Å². The van der Waals surface area contributed by atoms with Crippen molar-refractivity contribution in [2.24, 2.45) is 0 Å². The highest BCUT2D eigenvalue weighted by Gasteiger charge is 2.19. The number of hydrogen-bond donors (Lipinski definition) is 0. The maximum absolute atomic E-state index is 10.6. The summed E-state index contributed by atoms with van der Waals surface area (Å²) < 4.78 is 1.29. The zero-order chi connectivity index (χ0) is 18.0.